The number of esters is 1. The minimum Gasteiger partial charge on any atom is -0.469 e. The van der Waals surface area contributed by atoms with Gasteiger partial charge >= 0.3 is 5.97 Å². The molecule has 0 aromatic rings. The number of unbranched alkanes of at least 4 members (excludes halogenated alkanes) is 3. The van der Waals surface area contributed by atoms with Gasteiger partial charge in [0.25, 0.3) is 0 Å². The van der Waals surface area contributed by atoms with Gasteiger partial charge in [-0.3, -0.25) is 4.79 Å². The zero-order valence-corrected chi connectivity index (χ0v) is 20.5. The molecule has 2 rings (SSSR count). The van der Waals surface area contributed by atoms with Gasteiger partial charge in [-0.1, -0.05) is 40.0 Å². The molecule has 2 fully saturated rings. The summed E-state index contributed by atoms with van der Waals surface area (Å²) in [5, 5.41) is 11.0. The van der Waals surface area contributed by atoms with E-state index in [4.69, 9.17) is 13.9 Å². The van der Waals surface area contributed by atoms with Gasteiger partial charge in [0, 0.05) is 6.42 Å². The monoisotopic (exact) mass is 428 g/mol. The van der Waals surface area contributed by atoms with Gasteiger partial charge in [-0.05, 0) is 62.1 Å². The average Bonchev–Trinajstić information content (AvgIpc) is 3.40. The molecule has 0 radical (unpaired) electrons. The molecular weight excluding hydrogens is 384 g/mol. The van der Waals surface area contributed by atoms with Crippen LogP contribution >= 0.6 is 0 Å². The van der Waals surface area contributed by atoms with Crippen LogP contribution < -0.4 is 0 Å². The van der Waals surface area contributed by atoms with Crippen molar-refractivity contribution in [3.8, 4) is 0 Å². The molecule has 1 aliphatic carbocycles. The molecule has 5 nitrogen and oxygen atoms in total. The molecule has 1 saturated carbocycles. The second-order valence-electron chi connectivity index (χ2n) is 10.6. The van der Waals surface area contributed by atoms with E-state index in [9.17, 15) is 9.90 Å². The minimum absolute atomic E-state index is 0.121. The van der Waals surface area contributed by atoms with E-state index in [1.165, 1.54) is 7.11 Å². The first kappa shape index (κ1) is 24.8. The Bertz CT molecular complexity index is 512. The number of ether oxygens (including phenoxy) is 2. The normalized spacial score (nSPS) is 29.8. The number of carbonyl (C=O) groups is 1. The molecule has 0 unspecified atom stereocenters. The van der Waals surface area contributed by atoms with Crippen LogP contribution in [0, 0.1) is 11.8 Å². The van der Waals surface area contributed by atoms with Crippen molar-refractivity contribution in [3.63, 3.8) is 0 Å². The zero-order valence-electron chi connectivity index (χ0n) is 19.5. The van der Waals surface area contributed by atoms with Crippen LogP contribution in [0.25, 0.3) is 0 Å². The fourth-order valence-electron chi connectivity index (χ4n) is 4.36. The number of rotatable bonds is 12. The van der Waals surface area contributed by atoms with E-state index in [0.29, 0.717) is 24.4 Å². The summed E-state index contributed by atoms with van der Waals surface area (Å²) in [4.78, 5) is 11.2. The Morgan fingerprint density at radius 3 is 2.31 bits per heavy atom. The number of carbonyl (C=O) groups excluding carboxylic acids is 1. The molecular formula is C23H44O5Si. The molecule has 1 N–H and O–H groups in total. The fraction of sp³-hybridized carbons (Fsp3) is 0.957. The first-order chi connectivity index (χ1) is 13.5. The molecule has 0 aromatic carbocycles. The SMILES string of the molecule is COC(=O)CCCCCC[C@@H]1[C@@H](CC[C@@H]2CO2)[C@H](O[Si](C)(C)C(C)(C)C)C[C@@H]1O. The van der Waals surface area contributed by atoms with Crippen LogP contribution in [0.2, 0.25) is 18.1 Å². The molecule has 1 heterocycles. The summed E-state index contributed by atoms with van der Waals surface area (Å²) in [6, 6.07) is 0. The Labute approximate surface area is 179 Å². The second-order valence-corrected chi connectivity index (χ2v) is 15.4. The van der Waals surface area contributed by atoms with Gasteiger partial charge in [0.1, 0.15) is 0 Å². The van der Waals surface area contributed by atoms with Gasteiger partial charge in [-0.2, -0.15) is 0 Å². The van der Waals surface area contributed by atoms with Crippen molar-refractivity contribution in [2.24, 2.45) is 11.8 Å². The molecule has 29 heavy (non-hydrogen) atoms. The number of methoxy groups -OCH3 is 1. The lowest BCUT2D eigenvalue weighted by atomic mass is 9.85. The molecule has 6 heteroatoms. The average molecular weight is 429 g/mol. The van der Waals surface area contributed by atoms with Crippen molar-refractivity contribution in [2.75, 3.05) is 13.7 Å². The molecule has 0 aromatic heterocycles. The Morgan fingerprint density at radius 2 is 1.72 bits per heavy atom. The Morgan fingerprint density at radius 1 is 1.07 bits per heavy atom. The van der Waals surface area contributed by atoms with Gasteiger partial charge in [0.15, 0.2) is 8.32 Å². The Balaban J connectivity index is 1.88. The highest BCUT2D eigenvalue weighted by Gasteiger charge is 2.47. The van der Waals surface area contributed by atoms with Crippen molar-refractivity contribution in [1.82, 2.24) is 0 Å². The van der Waals surface area contributed by atoms with Gasteiger partial charge < -0.3 is 19.0 Å². The quantitative estimate of drug-likeness (QED) is 0.203. The summed E-state index contributed by atoms with van der Waals surface area (Å²) in [5.74, 6) is 0.631. The Hall–Kier alpha value is -0.433. The van der Waals surface area contributed by atoms with Crippen LogP contribution in [0.1, 0.15) is 78.6 Å². The van der Waals surface area contributed by atoms with Gasteiger partial charge in [0.05, 0.1) is 32.0 Å². The highest BCUT2D eigenvalue weighted by Crippen LogP contribution is 2.45. The van der Waals surface area contributed by atoms with E-state index in [-0.39, 0.29) is 23.2 Å². The first-order valence-corrected chi connectivity index (χ1v) is 14.5. The van der Waals surface area contributed by atoms with Crippen LogP contribution in [0.5, 0.6) is 0 Å². The number of aliphatic hydroxyl groups is 1. The summed E-state index contributed by atoms with van der Waals surface area (Å²) in [7, 11) is -0.418. The summed E-state index contributed by atoms with van der Waals surface area (Å²) in [6.45, 7) is 12.4. The lowest BCUT2D eigenvalue weighted by Crippen LogP contribution is -2.45. The Kier molecular flexibility index (Phi) is 9.20. The lowest BCUT2D eigenvalue weighted by molar-refractivity contribution is -0.140. The lowest BCUT2D eigenvalue weighted by Gasteiger charge is -2.40. The fourth-order valence-corrected chi connectivity index (χ4v) is 5.75. The van der Waals surface area contributed by atoms with Crippen LogP contribution in [0.15, 0.2) is 0 Å². The maximum Gasteiger partial charge on any atom is 0.305 e. The van der Waals surface area contributed by atoms with Crippen molar-refractivity contribution < 1.29 is 23.8 Å². The van der Waals surface area contributed by atoms with Crippen LogP contribution in [-0.2, 0) is 18.7 Å². The molecule has 2 aliphatic rings. The van der Waals surface area contributed by atoms with Crippen molar-refractivity contribution in [2.45, 2.75) is 115 Å². The molecule has 0 spiro atoms. The minimum atomic E-state index is -1.86. The third-order valence-corrected chi connectivity index (χ3v) is 11.9. The highest BCUT2D eigenvalue weighted by atomic mass is 28.4. The van der Waals surface area contributed by atoms with Crippen molar-refractivity contribution in [1.29, 1.82) is 0 Å². The van der Waals surface area contributed by atoms with Crippen molar-refractivity contribution >= 4 is 14.3 Å². The smallest absolute Gasteiger partial charge is 0.305 e. The van der Waals surface area contributed by atoms with Gasteiger partial charge in [-0.25, -0.2) is 0 Å². The maximum atomic E-state index is 11.2. The van der Waals surface area contributed by atoms with E-state index in [0.717, 1.165) is 58.0 Å². The standard InChI is InChI=1S/C23H44O5Si/c1-23(2,3)29(5,6)28-21-15-20(24)18(19(21)14-13-17-16-27-17)11-9-7-8-10-12-22(25)26-4/h17-21,24H,7-16H2,1-6H3/t17-,18-,19-,20+,21-/m1/s1. The van der Waals surface area contributed by atoms with Gasteiger partial charge in [-0.15, -0.1) is 0 Å². The third-order valence-electron chi connectivity index (χ3n) is 7.37. The topological polar surface area (TPSA) is 68.3 Å². The van der Waals surface area contributed by atoms with Crippen LogP contribution in [0.4, 0.5) is 0 Å². The number of hydrogen-bond donors (Lipinski definition) is 1. The molecule has 170 valence electrons. The van der Waals surface area contributed by atoms with Crippen LogP contribution in [-0.4, -0.2) is 51.4 Å². The molecule has 1 aliphatic heterocycles. The number of aliphatic hydroxyl groups excluding tert-OH is 1. The maximum absolute atomic E-state index is 11.2. The molecule has 1 saturated heterocycles. The summed E-state index contributed by atoms with van der Waals surface area (Å²) >= 11 is 0. The predicted molar refractivity (Wildman–Crippen MR) is 118 cm³/mol. The molecule has 0 amide bonds. The predicted octanol–water partition coefficient (Wildman–Crippen LogP) is 5.07. The van der Waals surface area contributed by atoms with E-state index < -0.39 is 8.32 Å². The summed E-state index contributed by atoms with van der Waals surface area (Å²) in [6.07, 6.45) is 9.00. The highest BCUT2D eigenvalue weighted by molar-refractivity contribution is 6.74. The summed E-state index contributed by atoms with van der Waals surface area (Å²) < 4.78 is 16.9. The number of hydrogen-bond acceptors (Lipinski definition) is 5. The van der Waals surface area contributed by atoms with E-state index in [2.05, 4.69) is 33.9 Å². The molecule has 5 atom stereocenters. The van der Waals surface area contributed by atoms with E-state index >= 15 is 0 Å². The van der Waals surface area contributed by atoms with Gasteiger partial charge in [0.2, 0.25) is 0 Å². The summed E-state index contributed by atoms with van der Waals surface area (Å²) in [5.41, 5.74) is 0. The third kappa shape index (κ3) is 7.64. The van der Waals surface area contributed by atoms with E-state index in [1.54, 1.807) is 0 Å². The van der Waals surface area contributed by atoms with Crippen LogP contribution in [0.3, 0.4) is 0 Å². The van der Waals surface area contributed by atoms with E-state index in [1.807, 2.05) is 0 Å². The number of epoxide rings is 1. The first-order valence-electron chi connectivity index (χ1n) is 11.6. The van der Waals surface area contributed by atoms with Crippen molar-refractivity contribution in [3.05, 3.63) is 0 Å². The molecule has 0 bridgehead atoms. The largest absolute Gasteiger partial charge is 0.469 e. The second kappa shape index (κ2) is 10.7. The zero-order chi connectivity index (χ0) is 21.7.